The van der Waals surface area contributed by atoms with Crippen molar-refractivity contribution in [3.8, 4) is 0 Å². The first-order valence-corrected chi connectivity index (χ1v) is 8.88. The Morgan fingerprint density at radius 3 is 1.68 bits per heavy atom. The van der Waals surface area contributed by atoms with Crippen LogP contribution in [0.1, 0.15) is 13.8 Å². The van der Waals surface area contributed by atoms with E-state index in [1.807, 2.05) is 13.8 Å². The molecule has 10 heteroatoms. The van der Waals surface area contributed by atoms with Crippen LogP contribution in [0.3, 0.4) is 0 Å². The Morgan fingerprint density at radius 2 is 1.50 bits per heavy atom. The van der Waals surface area contributed by atoms with E-state index in [4.69, 9.17) is 0 Å². The Morgan fingerprint density at radius 1 is 1.14 bits per heavy atom. The second-order valence-electron chi connectivity index (χ2n) is 3.25. The van der Waals surface area contributed by atoms with Crippen LogP contribution in [0.25, 0.3) is 0 Å². The Bertz CT molecular complexity index is 455. The molecule has 1 unspecified atom stereocenters. The van der Waals surface area contributed by atoms with Crippen molar-refractivity contribution in [3.05, 3.63) is 34.4 Å². The molecule has 1 atom stereocenters. The summed E-state index contributed by atoms with van der Waals surface area (Å²) in [5.41, 5.74) is 0.154. The molecule has 0 heterocycles. The van der Waals surface area contributed by atoms with Gasteiger partial charge in [-0.25, -0.2) is 0 Å². The predicted octanol–water partition coefficient (Wildman–Crippen LogP) is 2.33. The van der Waals surface area contributed by atoms with Gasteiger partial charge in [0.25, 0.3) is 0 Å². The summed E-state index contributed by atoms with van der Waals surface area (Å²) < 4.78 is 11.0. The molecule has 0 saturated carbocycles. The zero-order valence-corrected chi connectivity index (χ0v) is 17.9. The van der Waals surface area contributed by atoms with E-state index in [-0.39, 0.29) is 5.69 Å². The molecular weight excluding hydrogens is 425 g/mol. The predicted molar refractivity (Wildman–Crippen MR) is 108 cm³/mol. The molecular formula is C12H18AsNO4S4. The topological polar surface area (TPSA) is 61.6 Å². The zero-order chi connectivity index (χ0) is 17.5. The maximum atomic E-state index is 10.1. The Hall–Kier alpha value is -0.342. The van der Waals surface area contributed by atoms with Gasteiger partial charge in [-0.05, 0) is 38.3 Å². The summed E-state index contributed by atoms with van der Waals surface area (Å²) >= 11 is 17.7. The van der Waals surface area contributed by atoms with Crippen molar-refractivity contribution >= 4 is 85.4 Å². The minimum atomic E-state index is -0.396. The van der Waals surface area contributed by atoms with Crippen molar-refractivity contribution in [3.63, 3.8) is 0 Å². The molecule has 0 radical (unpaired) electrons. The van der Waals surface area contributed by atoms with Crippen LogP contribution in [0.2, 0.25) is 0 Å². The minimum absolute atomic E-state index is 0.154. The maximum absolute atomic E-state index is 10.1. The normalized spacial score (nSPS) is 8.41. The molecule has 0 N–H and O–H groups in total. The third-order valence-corrected chi connectivity index (χ3v) is 2.94. The number of hydrogen-bond acceptors (Lipinski definition) is 6. The molecule has 22 heavy (non-hydrogen) atoms. The van der Waals surface area contributed by atoms with Crippen molar-refractivity contribution in [2.24, 2.45) is 0 Å². The number of non-ortho nitro benzene ring substituents is 1. The number of nitrogens with zero attached hydrogens (tertiary/aromatic N) is 1. The molecule has 0 fully saturated rings. The summed E-state index contributed by atoms with van der Waals surface area (Å²) in [5, 5.41) is 10.1. The van der Waals surface area contributed by atoms with Crippen LogP contribution in [-0.4, -0.2) is 43.8 Å². The van der Waals surface area contributed by atoms with E-state index in [0.29, 0.717) is 22.0 Å². The Kier molecular flexibility index (Phi) is 16.9. The molecule has 1 aromatic rings. The monoisotopic (exact) mass is 443 g/mol. The van der Waals surface area contributed by atoms with Gasteiger partial charge in [-0.1, -0.05) is 25.3 Å². The molecule has 124 valence electrons. The van der Waals surface area contributed by atoms with Gasteiger partial charge >= 0.3 is 66.2 Å². The summed E-state index contributed by atoms with van der Waals surface area (Å²) in [6.45, 7) is 4.95. The standard InChI is InChI=1S/C6H6AsNO2.2C3H6OS2/c7-5-1-3-6(4-2-5)8(9)10;2*1-2-4-3(5)6/h1-4H,7H2;2*2H2,1H3,(H,5,6). The number of thiocarbonyl (C=S) groups is 2. The molecule has 0 aliphatic heterocycles. The number of ether oxygens (including phenoxy) is 2. The number of rotatable bonds is 3. The van der Waals surface area contributed by atoms with E-state index in [9.17, 15) is 10.1 Å². The molecule has 0 saturated heterocycles. The van der Waals surface area contributed by atoms with Crippen molar-refractivity contribution in [1.29, 1.82) is 0 Å². The fraction of sp³-hybridized carbons (Fsp3) is 0.333. The summed E-state index contributed by atoms with van der Waals surface area (Å²) in [7, 11) is 0. The van der Waals surface area contributed by atoms with Gasteiger partial charge in [0, 0.05) is 0 Å². The summed E-state index contributed by atoms with van der Waals surface area (Å²) in [4.78, 5) is 9.73. The first-order valence-electron chi connectivity index (χ1n) is 5.95. The fourth-order valence-electron chi connectivity index (χ4n) is 0.843. The molecule has 0 spiro atoms. The molecule has 0 bridgehead atoms. The van der Waals surface area contributed by atoms with E-state index in [2.05, 4.69) is 59.2 Å². The van der Waals surface area contributed by atoms with Crippen LogP contribution in [0, 0.1) is 10.1 Å². The molecule has 0 amide bonds. The molecule has 0 aliphatic rings. The van der Waals surface area contributed by atoms with Crippen molar-refractivity contribution < 1.29 is 14.4 Å². The average Bonchev–Trinajstić information content (AvgIpc) is 2.40. The average molecular weight is 443 g/mol. The molecule has 0 aliphatic carbocycles. The SMILES string of the molecule is CCOC(=S)S.CCOC(=S)S.O=[N+]([O-])c1ccc([AsH2])cc1. The molecule has 1 rings (SSSR count). The van der Waals surface area contributed by atoms with Gasteiger partial charge < -0.3 is 9.47 Å². The number of nitro benzene ring substituents is 1. The van der Waals surface area contributed by atoms with Gasteiger partial charge in [-0.15, -0.1) is 0 Å². The number of nitro groups is 1. The first kappa shape index (κ1) is 23.9. The van der Waals surface area contributed by atoms with Crippen molar-refractivity contribution in [2.45, 2.75) is 13.8 Å². The third-order valence-electron chi connectivity index (χ3n) is 1.64. The van der Waals surface area contributed by atoms with Crippen molar-refractivity contribution in [1.82, 2.24) is 0 Å². The fourth-order valence-corrected chi connectivity index (χ4v) is 1.74. The van der Waals surface area contributed by atoms with E-state index in [0.717, 1.165) is 4.35 Å². The number of hydrogen-bond donors (Lipinski definition) is 2. The Balaban J connectivity index is 0. The summed E-state index contributed by atoms with van der Waals surface area (Å²) in [6.07, 6.45) is 0. The Labute approximate surface area is 160 Å². The van der Waals surface area contributed by atoms with Crippen LogP contribution in [0.4, 0.5) is 5.69 Å². The van der Waals surface area contributed by atoms with Crippen LogP contribution in [0.15, 0.2) is 24.3 Å². The van der Waals surface area contributed by atoms with Crippen LogP contribution in [0.5, 0.6) is 0 Å². The van der Waals surface area contributed by atoms with Gasteiger partial charge in [0.2, 0.25) is 8.77 Å². The second-order valence-corrected chi connectivity index (χ2v) is 6.80. The van der Waals surface area contributed by atoms with E-state index in [1.165, 1.54) is 29.0 Å². The molecule has 5 nitrogen and oxygen atoms in total. The summed E-state index contributed by atoms with van der Waals surface area (Å²) in [5.74, 6) is 0. The van der Waals surface area contributed by atoms with E-state index < -0.39 is 4.92 Å². The van der Waals surface area contributed by atoms with Gasteiger partial charge in [0.1, 0.15) is 0 Å². The number of benzene rings is 1. The van der Waals surface area contributed by atoms with Gasteiger partial charge in [0.15, 0.2) is 0 Å². The van der Waals surface area contributed by atoms with Crippen LogP contribution < -0.4 is 4.35 Å². The third kappa shape index (κ3) is 17.7. The summed E-state index contributed by atoms with van der Waals surface area (Å²) in [6, 6.07) is 6.52. The number of thiol groups is 2. The van der Waals surface area contributed by atoms with Gasteiger partial charge in [-0.2, -0.15) is 0 Å². The molecule has 1 aromatic carbocycles. The zero-order valence-electron chi connectivity index (χ0n) is 12.1. The van der Waals surface area contributed by atoms with E-state index >= 15 is 0 Å². The van der Waals surface area contributed by atoms with Gasteiger partial charge in [-0.3, -0.25) is 0 Å². The van der Waals surface area contributed by atoms with Gasteiger partial charge in [0.05, 0.1) is 13.2 Å². The van der Waals surface area contributed by atoms with Crippen LogP contribution in [-0.2, 0) is 9.47 Å². The molecule has 0 aromatic heterocycles. The van der Waals surface area contributed by atoms with Crippen LogP contribution >= 0.6 is 49.7 Å². The van der Waals surface area contributed by atoms with E-state index in [1.54, 1.807) is 12.1 Å². The van der Waals surface area contributed by atoms with Crippen molar-refractivity contribution in [2.75, 3.05) is 13.2 Å². The first-order chi connectivity index (χ1) is 10.2. The second kappa shape index (κ2) is 15.6. The quantitative estimate of drug-likeness (QED) is 0.246.